The molecule has 2 saturated heterocycles. The van der Waals surface area contributed by atoms with Crippen LogP contribution in [0.5, 0.6) is 0 Å². The summed E-state index contributed by atoms with van der Waals surface area (Å²) in [6.07, 6.45) is 25.4. The molecule has 0 bridgehead atoms. The fourth-order valence-corrected chi connectivity index (χ4v) is 7.26. The lowest BCUT2D eigenvalue weighted by molar-refractivity contribution is -0.139. The molecule has 0 saturated carbocycles. The molecule has 2 fully saturated rings. The number of unbranched alkanes of at least 4 members (excludes halogenated alkanes) is 13. The molecule has 0 aromatic heterocycles. The van der Waals surface area contributed by atoms with Gasteiger partial charge in [-0.3, -0.25) is 0 Å². The van der Waals surface area contributed by atoms with Crippen molar-refractivity contribution in [2.75, 3.05) is 0 Å². The van der Waals surface area contributed by atoms with E-state index >= 15 is 0 Å². The van der Waals surface area contributed by atoms with E-state index in [-0.39, 0.29) is 36.5 Å². The van der Waals surface area contributed by atoms with Crippen molar-refractivity contribution in [1.29, 1.82) is 0 Å². The Hall–Kier alpha value is -0.990. The van der Waals surface area contributed by atoms with Gasteiger partial charge in [-0.15, -0.1) is 0 Å². The van der Waals surface area contributed by atoms with E-state index in [0.29, 0.717) is 12.8 Å². The minimum Gasteiger partial charge on any atom is -0.455 e. The quantitative estimate of drug-likeness (QED) is 0.0703. The molecule has 8 atom stereocenters. The second kappa shape index (κ2) is 21.7. The lowest BCUT2D eigenvalue weighted by atomic mass is 9.98. The van der Waals surface area contributed by atoms with Gasteiger partial charge in [0.05, 0.1) is 42.7 Å². The highest BCUT2D eigenvalue weighted by Crippen LogP contribution is 2.31. The summed E-state index contributed by atoms with van der Waals surface area (Å²) in [6, 6.07) is 0. The number of rotatable bonds is 25. The summed E-state index contributed by atoms with van der Waals surface area (Å²) in [7, 11) is 0. The molecular weight excluding hydrogens is 556 g/mol. The van der Waals surface area contributed by atoms with Crippen molar-refractivity contribution in [3.8, 4) is 0 Å². The molecule has 7 nitrogen and oxygen atoms in total. The molecule has 0 unspecified atom stereocenters. The number of hydrogen-bond donors (Lipinski definition) is 3. The smallest absolute Gasteiger partial charge is 0.334 e. The number of cyclic esters (lactones) is 1. The Labute approximate surface area is 268 Å². The van der Waals surface area contributed by atoms with Crippen LogP contribution in [-0.4, -0.2) is 70.1 Å². The Morgan fingerprint density at radius 3 is 1.75 bits per heavy atom. The molecule has 3 aliphatic rings. The molecule has 0 aromatic rings. The van der Waals surface area contributed by atoms with E-state index in [1.807, 2.05) is 13.0 Å². The highest BCUT2D eigenvalue weighted by molar-refractivity contribution is 5.90. The molecule has 3 aliphatic heterocycles. The van der Waals surface area contributed by atoms with Gasteiger partial charge >= 0.3 is 5.97 Å². The molecule has 0 spiro atoms. The van der Waals surface area contributed by atoms with E-state index in [1.54, 1.807) is 0 Å². The van der Waals surface area contributed by atoms with Crippen molar-refractivity contribution >= 4 is 5.97 Å². The Balaban J connectivity index is 1.15. The molecule has 0 aliphatic carbocycles. The first-order valence-electron chi connectivity index (χ1n) is 18.6. The van der Waals surface area contributed by atoms with Crippen LogP contribution in [0.2, 0.25) is 0 Å². The van der Waals surface area contributed by atoms with Crippen molar-refractivity contribution in [1.82, 2.24) is 0 Å². The van der Waals surface area contributed by atoms with Crippen molar-refractivity contribution in [2.24, 2.45) is 0 Å². The Bertz CT molecular complexity index is 801. The first-order chi connectivity index (χ1) is 21.4. The van der Waals surface area contributed by atoms with Gasteiger partial charge < -0.3 is 29.5 Å². The second-order valence-corrected chi connectivity index (χ2v) is 14.0. The third kappa shape index (κ3) is 14.2. The molecular formula is C37H66O7. The minimum absolute atomic E-state index is 0.0617. The zero-order valence-electron chi connectivity index (χ0n) is 28.1. The van der Waals surface area contributed by atoms with Crippen LogP contribution in [0, 0.1) is 0 Å². The minimum atomic E-state index is -0.609. The molecule has 3 heterocycles. The maximum atomic E-state index is 11.7. The summed E-state index contributed by atoms with van der Waals surface area (Å²) in [6.45, 7) is 4.15. The Morgan fingerprint density at radius 2 is 1.16 bits per heavy atom. The molecule has 0 radical (unpaired) electrons. The van der Waals surface area contributed by atoms with E-state index in [9.17, 15) is 20.1 Å². The molecule has 0 amide bonds. The van der Waals surface area contributed by atoms with E-state index in [1.165, 1.54) is 70.6 Å². The topological polar surface area (TPSA) is 105 Å². The van der Waals surface area contributed by atoms with Crippen molar-refractivity contribution in [2.45, 2.75) is 217 Å². The normalized spacial score (nSPS) is 27.4. The maximum absolute atomic E-state index is 11.7. The van der Waals surface area contributed by atoms with Gasteiger partial charge in [0, 0.05) is 5.57 Å². The van der Waals surface area contributed by atoms with Gasteiger partial charge in [-0.2, -0.15) is 0 Å². The zero-order valence-corrected chi connectivity index (χ0v) is 28.1. The average Bonchev–Trinajstić information content (AvgIpc) is 3.76. The van der Waals surface area contributed by atoms with Crippen LogP contribution in [0.15, 0.2) is 11.6 Å². The fraction of sp³-hybridized carbons (Fsp3) is 0.919. The van der Waals surface area contributed by atoms with Crippen molar-refractivity contribution < 1.29 is 34.3 Å². The van der Waals surface area contributed by atoms with Crippen molar-refractivity contribution in [3.63, 3.8) is 0 Å². The van der Waals surface area contributed by atoms with Crippen LogP contribution in [0.25, 0.3) is 0 Å². The van der Waals surface area contributed by atoms with Crippen LogP contribution < -0.4 is 0 Å². The summed E-state index contributed by atoms with van der Waals surface area (Å²) in [5.41, 5.74) is 0.852. The predicted octanol–water partition coefficient (Wildman–Crippen LogP) is 7.86. The zero-order chi connectivity index (χ0) is 31.6. The number of aliphatic hydroxyl groups excluding tert-OH is 3. The summed E-state index contributed by atoms with van der Waals surface area (Å²) < 4.78 is 17.4. The monoisotopic (exact) mass is 622 g/mol. The third-order valence-corrected chi connectivity index (χ3v) is 10.1. The van der Waals surface area contributed by atoms with E-state index in [2.05, 4.69) is 6.92 Å². The Kier molecular flexibility index (Phi) is 18.5. The molecule has 7 heteroatoms. The predicted molar refractivity (Wildman–Crippen MR) is 175 cm³/mol. The summed E-state index contributed by atoms with van der Waals surface area (Å²) in [5.74, 6) is -0.133. The summed E-state index contributed by atoms with van der Waals surface area (Å²) in [4.78, 5) is 11.7. The Morgan fingerprint density at radius 1 is 0.659 bits per heavy atom. The van der Waals surface area contributed by atoms with Gasteiger partial charge in [0.25, 0.3) is 0 Å². The van der Waals surface area contributed by atoms with Crippen molar-refractivity contribution in [3.05, 3.63) is 11.6 Å². The van der Waals surface area contributed by atoms with E-state index < -0.39 is 18.3 Å². The number of ether oxygens (including phenoxy) is 3. The maximum Gasteiger partial charge on any atom is 0.334 e. The van der Waals surface area contributed by atoms with Crippen LogP contribution in [-0.2, 0) is 19.0 Å². The summed E-state index contributed by atoms with van der Waals surface area (Å²) in [5, 5.41) is 32.1. The largest absolute Gasteiger partial charge is 0.455 e. The number of aliphatic hydroxyl groups is 3. The third-order valence-electron chi connectivity index (χ3n) is 10.1. The standard InChI is InChI=1S/C37H66O7/c1-3-4-5-6-7-11-14-17-20-31(38)35-25-26-36(44-35)33(40)23-22-32(39)34-24-21-30(43-34)19-16-13-10-8-9-12-15-18-29-27-28(2)42-37(29)41/h27-28,30-36,38-40H,3-26H2,1-2H3/t28-,30-,31+,32+,33-,34-,35+,36-/m1/s1. The van der Waals surface area contributed by atoms with E-state index in [0.717, 1.165) is 76.2 Å². The van der Waals surface area contributed by atoms with Gasteiger partial charge in [0.2, 0.25) is 0 Å². The lowest BCUT2D eigenvalue weighted by Crippen LogP contribution is -2.33. The molecule has 0 aromatic carbocycles. The first kappa shape index (κ1) is 37.5. The fourth-order valence-electron chi connectivity index (χ4n) is 7.26. The highest BCUT2D eigenvalue weighted by Gasteiger charge is 2.36. The molecule has 256 valence electrons. The van der Waals surface area contributed by atoms with Crippen LogP contribution in [0.3, 0.4) is 0 Å². The van der Waals surface area contributed by atoms with Crippen LogP contribution >= 0.6 is 0 Å². The van der Waals surface area contributed by atoms with Crippen LogP contribution in [0.4, 0.5) is 0 Å². The highest BCUT2D eigenvalue weighted by atomic mass is 16.5. The SMILES string of the molecule is CCCCCCCCCC[C@H](O)[C@@H]1CC[C@H]([C@H](O)CC[C@H](O)[C@H]2CC[C@@H](CCCCCCCCCC3=C[C@@H](C)OC3=O)O2)O1. The molecule has 44 heavy (non-hydrogen) atoms. The number of carbonyl (C=O) groups excluding carboxylic acids is 1. The molecule has 3 N–H and O–H groups in total. The van der Waals surface area contributed by atoms with Gasteiger partial charge in [0.1, 0.15) is 6.10 Å². The van der Waals surface area contributed by atoms with Crippen LogP contribution in [0.1, 0.15) is 168 Å². The number of carbonyl (C=O) groups is 1. The van der Waals surface area contributed by atoms with Gasteiger partial charge in [0.15, 0.2) is 0 Å². The number of esters is 1. The van der Waals surface area contributed by atoms with Gasteiger partial charge in [-0.25, -0.2) is 4.79 Å². The van der Waals surface area contributed by atoms with E-state index in [4.69, 9.17) is 14.2 Å². The first-order valence-corrected chi connectivity index (χ1v) is 18.6. The molecule has 3 rings (SSSR count). The van der Waals surface area contributed by atoms with Gasteiger partial charge in [-0.1, -0.05) is 96.8 Å². The number of hydrogen-bond acceptors (Lipinski definition) is 7. The second-order valence-electron chi connectivity index (χ2n) is 14.0. The summed E-state index contributed by atoms with van der Waals surface area (Å²) >= 11 is 0. The average molecular weight is 623 g/mol. The van der Waals surface area contributed by atoms with Gasteiger partial charge in [-0.05, 0) is 77.2 Å². The lowest BCUT2D eigenvalue weighted by Gasteiger charge is -2.24.